The zero-order valence-corrected chi connectivity index (χ0v) is 15.5. The number of hydrogen-bond acceptors (Lipinski definition) is 2. The largest absolute Gasteiger partial charge is 0.351 e. The van der Waals surface area contributed by atoms with Crippen molar-refractivity contribution in [1.82, 2.24) is 10.6 Å². The number of para-hydroxylation sites is 1. The van der Waals surface area contributed by atoms with Gasteiger partial charge in [-0.3, -0.25) is 4.79 Å². The first kappa shape index (κ1) is 17.5. The molecule has 1 amide bonds. The van der Waals surface area contributed by atoms with Gasteiger partial charge in [0.25, 0.3) is 5.91 Å². The first-order valence-electron chi connectivity index (χ1n) is 7.86. The molecule has 6 heteroatoms. The minimum absolute atomic E-state index is 0.181. The maximum absolute atomic E-state index is 13.0. The maximum atomic E-state index is 13.0. The maximum Gasteiger partial charge on any atom is 0.255 e. The second-order valence-corrected chi connectivity index (χ2v) is 6.74. The summed E-state index contributed by atoms with van der Waals surface area (Å²) in [5, 5.41) is 10.3. The Balaban J connectivity index is 1.97. The van der Waals surface area contributed by atoms with Crippen LogP contribution in [-0.4, -0.2) is 11.0 Å². The number of aryl methyl sites for hydroxylation is 1. The quantitative estimate of drug-likeness (QED) is 0.711. The number of carbonyl (C=O) groups excluding carboxylic acids is 1. The average molecular weight is 372 g/mol. The van der Waals surface area contributed by atoms with E-state index in [0.717, 1.165) is 22.5 Å². The predicted octanol–water partition coefficient (Wildman–Crippen LogP) is 4.08. The van der Waals surface area contributed by atoms with Crippen molar-refractivity contribution in [1.29, 1.82) is 0 Å². The smallest absolute Gasteiger partial charge is 0.255 e. The van der Waals surface area contributed by atoms with Crippen LogP contribution in [0.1, 0.15) is 24.1 Å². The highest BCUT2D eigenvalue weighted by Gasteiger charge is 2.30. The Labute approximate surface area is 157 Å². The Morgan fingerprint density at radius 1 is 1.16 bits per heavy atom. The normalized spacial score (nSPS) is 16.9. The third-order valence-corrected chi connectivity index (χ3v) is 4.54. The molecule has 4 nitrogen and oxygen atoms in total. The summed E-state index contributed by atoms with van der Waals surface area (Å²) in [7, 11) is 0. The second-order valence-electron chi connectivity index (χ2n) is 5.89. The minimum atomic E-state index is -0.364. The van der Waals surface area contributed by atoms with E-state index in [-0.39, 0.29) is 11.9 Å². The topological polar surface area (TPSA) is 53.2 Å². The number of benzene rings is 2. The highest BCUT2D eigenvalue weighted by Crippen LogP contribution is 2.29. The van der Waals surface area contributed by atoms with E-state index >= 15 is 0 Å². The number of rotatable bonds is 3. The molecule has 0 aliphatic carbocycles. The fourth-order valence-electron chi connectivity index (χ4n) is 2.83. The number of hydrogen-bond donors (Lipinski definition) is 3. The number of thiocarbonyl (C=S) groups is 1. The first-order valence-corrected chi connectivity index (χ1v) is 8.65. The lowest BCUT2D eigenvalue weighted by molar-refractivity contribution is -0.113. The van der Waals surface area contributed by atoms with Crippen LogP contribution in [0.2, 0.25) is 5.02 Å². The highest BCUT2D eigenvalue weighted by atomic mass is 35.5. The molecule has 0 radical (unpaired) electrons. The number of halogens is 1. The minimum Gasteiger partial charge on any atom is -0.351 e. The van der Waals surface area contributed by atoms with Crippen molar-refractivity contribution in [2.45, 2.75) is 19.9 Å². The van der Waals surface area contributed by atoms with Crippen LogP contribution in [0.5, 0.6) is 0 Å². The Morgan fingerprint density at radius 2 is 1.92 bits per heavy atom. The molecule has 0 saturated heterocycles. The standard InChI is InChI=1S/C19H18ClN3OS/c1-11-6-3-4-9-15(11)22-18(24)16-12(2)21-19(25)23-17(16)13-7-5-8-14(20)10-13/h3-10,17H,1-2H3,(H,22,24)(H2,21,23,25)/t17-/m1/s1. The van der Waals surface area contributed by atoms with Crippen molar-refractivity contribution in [3.8, 4) is 0 Å². The van der Waals surface area contributed by atoms with Gasteiger partial charge in [0, 0.05) is 16.4 Å². The van der Waals surface area contributed by atoms with E-state index in [4.69, 9.17) is 23.8 Å². The van der Waals surface area contributed by atoms with Crippen molar-refractivity contribution in [3.63, 3.8) is 0 Å². The first-order chi connectivity index (χ1) is 12.0. The molecule has 0 aromatic heterocycles. The molecule has 0 fully saturated rings. The Kier molecular flexibility index (Phi) is 5.06. The van der Waals surface area contributed by atoms with Gasteiger partial charge in [-0.15, -0.1) is 0 Å². The van der Waals surface area contributed by atoms with E-state index in [0.29, 0.717) is 15.7 Å². The van der Waals surface area contributed by atoms with Crippen molar-refractivity contribution < 1.29 is 4.79 Å². The number of allylic oxidation sites excluding steroid dienone is 1. The fourth-order valence-corrected chi connectivity index (χ4v) is 3.30. The predicted molar refractivity (Wildman–Crippen MR) is 106 cm³/mol. The van der Waals surface area contributed by atoms with E-state index in [9.17, 15) is 4.79 Å². The van der Waals surface area contributed by atoms with Crippen molar-refractivity contribution in [3.05, 3.63) is 76.0 Å². The summed E-state index contributed by atoms with van der Waals surface area (Å²) in [5.41, 5.74) is 3.97. The summed E-state index contributed by atoms with van der Waals surface area (Å²) in [5.74, 6) is -0.181. The van der Waals surface area contributed by atoms with Gasteiger partial charge in [0.05, 0.1) is 11.6 Å². The lowest BCUT2D eigenvalue weighted by atomic mass is 9.95. The molecule has 2 aromatic rings. The molecule has 0 bridgehead atoms. The van der Waals surface area contributed by atoms with Gasteiger partial charge < -0.3 is 16.0 Å². The molecular formula is C19H18ClN3OS. The van der Waals surface area contributed by atoms with Crippen molar-refractivity contribution >= 4 is 40.5 Å². The van der Waals surface area contributed by atoms with E-state index in [1.807, 2.05) is 56.3 Å². The van der Waals surface area contributed by atoms with Crippen LogP contribution in [0, 0.1) is 6.92 Å². The molecular weight excluding hydrogens is 354 g/mol. The third kappa shape index (κ3) is 3.83. The molecule has 0 unspecified atom stereocenters. The molecule has 3 rings (SSSR count). The molecule has 3 N–H and O–H groups in total. The summed E-state index contributed by atoms with van der Waals surface area (Å²) < 4.78 is 0. The van der Waals surface area contributed by atoms with Crippen LogP contribution in [0.25, 0.3) is 0 Å². The summed E-state index contributed by atoms with van der Waals surface area (Å²) in [4.78, 5) is 13.0. The van der Waals surface area contributed by atoms with Crippen LogP contribution in [-0.2, 0) is 4.79 Å². The summed E-state index contributed by atoms with van der Waals surface area (Å²) in [6.07, 6.45) is 0. The fraction of sp³-hybridized carbons (Fsp3) is 0.158. The summed E-state index contributed by atoms with van der Waals surface area (Å²) >= 11 is 11.4. The highest BCUT2D eigenvalue weighted by molar-refractivity contribution is 7.80. The number of carbonyl (C=O) groups is 1. The van der Waals surface area contributed by atoms with Gasteiger partial charge in [0.1, 0.15) is 0 Å². The summed E-state index contributed by atoms with van der Waals surface area (Å²) in [6.45, 7) is 3.80. The molecule has 25 heavy (non-hydrogen) atoms. The van der Waals surface area contributed by atoms with Crippen LogP contribution in [0.15, 0.2) is 59.8 Å². The van der Waals surface area contributed by atoms with Crippen LogP contribution in [0.4, 0.5) is 5.69 Å². The van der Waals surface area contributed by atoms with Crippen LogP contribution < -0.4 is 16.0 Å². The van der Waals surface area contributed by atoms with Crippen molar-refractivity contribution in [2.24, 2.45) is 0 Å². The molecule has 1 heterocycles. The van der Waals surface area contributed by atoms with Crippen LogP contribution in [0.3, 0.4) is 0 Å². The molecule has 128 valence electrons. The van der Waals surface area contributed by atoms with E-state index in [1.165, 1.54) is 0 Å². The van der Waals surface area contributed by atoms with E-state index < -0.39 is 0 Å². The van der Waals surface area contributed by atoms with E-state index in [2.05, 4.69) is 16.0 Å². The Hall–Kier alpha value is -2.37. The Morgan fingerprint density at radius 3 is 2.64 bits per heavy atom. The number of amides is 1. The second kappa shape index (κ2) is 7.25. The molecule has 2 aromatic carbocycles. The lowest BCUT2D eigenvalue weighted by Gasteiger charge is -2.30. The van der Waals surface area contributed by atoms with Crippen LogP contribution >= 0.6 is 23.8 Å². The molecule has 0 spiro atoms. The Bertz CT molecular complexity index is 878. The average Bonchev–Trinajstić information content (AvgIpc) is 2.56. The van der Waals surface area contributed by atoms with Crippen molar-refractivity contribution in [2.75, 3.05) is 5.32 Å². The molecule has 1 aliphatic rings. The monoisotopic (exact) mass is 371 g/mol. The molecule has 0 saturated carbocycles. The molecule has 1 atom stereocenters. The van der Waals surface area contributed by atoms with Gasteiger partial charge in [-0.2, -0.15) is 0 Å². The van der Waals surface area contributed by atoms with Gasteiger partial charge in [-0.05, 0) is 55.4 Å². The lowest BCUT2D eigenvalue weighted by Crippen LogP contribution is -2.45. The number of anilines is 1. The van der Waals surface area contributed by atoms with Gasteiger partial charge in [0.15, 0.2) is 5.11 Å². The van der Waals surface area contributed by atoms with E-state index in [1.54, 1.807) is 6.07 Å². The van der Waals surface area contributed by atoms with Gasteiger partial charge in [-0.1, -0.05) is 41.9 Å². The zero-order chi connectivity index (χ0) is 18.0. The number of nitrogens with one attached hydrogen (secondary N) is 3. The third-order valence-electron chi connectivity index (χ3n) is 4.09. The molecule has 1 aliphatic heterocycles. The zero-order valence-electron chi connectivity index (χ0n) is 13.9. The van der Waals surface area contributed by atoms with Gasteiger partial charge in [0.2, 0.25) is 0 Å². The van der Waals surface area contributed by atoms with Gasteiger partial charge in [-0.25, -0.2) is 0 Å². The summed E-state index contributed by atoms with van der Waals surface area (Å²) in [6, 6.07) is 14.7. The van der Waals surface area contributed by atoms with Gasteiger partial charge >= 0.3 is 0 Å². The SMILES string of the molecule is CC1=C(C(=O)Nc2ccccc2C)[C@@H](c2cccc(Cl)c2)NC(=S)N1.